The molecular formula is C13H13ClN2S. The third-order valence-corrected chi connectivity index (χ3v) is 4.39. The van der Waals surface area contributed by atoms with Crippen LogP contribution in [0, 0.1) is 0 Å². The number of aromatic nitrogens is 1. The number of hydrogen-bond acceptors (Lipinski definition) is 3. The predicted molar refractivity (Wildman–Crippen MR) is 71.8 cm³/mol. The van der Waals surface area contributed by atoms with Gasteiger partial charge in [0.05, 0.1) is 5.01 Å². The molecule has 0 aliphatic carbocycles. The van der Waals surface area contributed by atoms with Crippen LogP contribution in [0.4, 0.5) is 0 Å². The van der Waals surface area contributed by atoms with Crippen molar-refractivity contribution in [2.24, 2.45) is 0 Å². The zero-order valence-corrected chi connectivity index (χ0v) is 10.9. The quantitative estimate of drug-likeness (QED) is 0.922. The van der Waals surface area contributed by atoms with Gasteiger partial charge in [0.25, 0.3) is 0 Å². The lowest BCUT2D eigenvalue weighted by Crippen LogP contribution is -2.58. The highest BCUT2D eigenvalue weighted by atomic mass is 35.5. The van der Waals surface area contributed by atoms with Crippen LogP contribution in [0.5, 0.6) is 0 Å². The van der Waals surface area contributed by atoms with Crippen LogP contribution in [-0.4, -0.2) is 18.1 Å². The third-order valence-electron chi connectivity index (χ3n) is 3.36. The van der Waals surface area contributed by atoms with E-state index in [1.807, 2.05) is 23.7 Å². The third kappa shape index (κ3) is 2.10. The summed E-state index contributed by atoms with van der Waals surface area (Å²) in [5.41, 5.74) is 1.57. The monoisotopic (exact) mass is 264 g/mol. The van der Waals surface area contributed by atoms with Crippen molar-refractivity contribution in [2.45, 2.75) is 11.8 Å². The van der Waals surface area contributed by atoms with Crippen molar-refractivity contribution in [3.8, 4) is 0 Å². The largest absolute Gasteiger partial charge is 0.315 e. The summed E-state index contributed by atoms with van der Waals surface area (Å²) in [6, 6.07) is 8.21. The Labute approximate surface area is 110 Å². The first-order valence-electron chi connectivity index (χ1n) is 5.64. The summed E-state index contributed by atoms with van der Waals surface area (Å²) >= 11 is 7.67. The number of rotatable bonds is 3. The predicted octanol–water partition coefficient (Wildman–Crippen LogP) is 2.88. The Morgan fingerprint density at radius 3 is 2.59 bits per heavy atom. The number of halogens is 1. The molecule has 4 heteroatoms. The average molecular weight is 265 g/mol. The maximum Gasteiger partial charge on any atom is 0.0934 e. The molecule has 2 heterocycles. The van der Waals surface area contributed by atoms with E-state index in [1.54, 1.807) is 11.3 Å². The molecule has 1 aliphatic rings. The maximum absolute atomic E-state index is 5.94. The van der Waals surface area contributed by atoms with Gasteiger partial charge in [-0.1, -0.05) is 23.7 Å². The van der Waals surface area contributed by atoms with Crippen LogP contribution in [-0.2, 0) is 11.8 Å². The minimum absolute atomic E-state index is 0.211. The second kappa shape index (κ2) is 4.41. The highest BCUT2D eigenvalue weighted by Gasteiger charge is 2.39. The van der Waals surface area contributed by atoms with Gasteiger partial charge in [0.1, 0.15) is 0 Å². The summed E-state index contributed by atoms with van der Waals surface area (Å²) in [6.45, 7) is 2.04. The highest BCUT2D eigenvalue weighted by molar-refractivity contribution is 7.09. The standard InChI is InChI=1S/C13H13ClN2S/c14-11-3-1-10(2-4-11)13(8-15-9-13)7-12-16-5-6-17-12/h1-6,15H,7-9H2. The molecule has 17 heavy (non-hydrogen) atoms. The van der Waals surface area contributed by atoms with Gasteiger partial charge in [0.2, 0.25) is 0 Å². The van der Waals surface area contributed by atoms with Crippen molar-refractivity contribution in [3.05, 3.63) is 51.4 Å². The normalized spacial score (nSPS) is 17.7. The average Bonchev–Trinajstić information content (AvgIpc) is 2.77. The van der Waals surface area contributed by atoms with Crippen LogP contribution in [0.25, 0.3) is 0 Å². The molecule has 3 rings (SSSR count). The molecule has 0 bridgehead atoms. The minimum atomic E-state index is 0.211. The summed E-state index contributed by atoms with van der Waals surface area (Å²) in [4.78, 5) is 4.39. The summed E-state index contributed by atoms with van der Waals surface area (Å²) in [5, 5.41) is 7.42. The number of nitrogens with one attached hydrogen (secondary N) is 1. The second-order valence-corrected chi connectivity index (χ2v) is 5.91. The van der Waals surface area contributed by atoms with Gasteiger partial charge < -0.3 is 5.32 Å². The van der Waals surface area contributed by atoms with E-state index in [1.165, 1.54) is 10.6 Å². The fourth-order valence-electron chi connectivity index (χ4n) is 2.29. The lowest BCUT2D eigenvalue weighted by molar-refractivity contribution is 0.274. The number of benzene rings is 1. The Morgan fingerprint density at radius 2 is 2.06 bits per heavy atom. The molecule has 1 saturated heterocycles. The van der Waals surface area contributed by atoms with Gasteiger partial charge in [-0.25, -0.2) is 4.98 Å². The van der Waals surface area contributed by atoms with Gasteiger partial charge in [0, 0.05) is 41.5 Å². The minimum Gasteiger partial charge on any atom is -0.315 e. The van der Waals surface area contributed by atoms with Crippen LogP contribution in [0.2, 0.25) is 5.02 Å². The van der Waals surface area contributed by atoms with Crippen LogP contribution in [0.1, 0.15) is 10.6 Å². The zero-order valence-electron chi connectivity index (χ0n) is 9.32. The molecule has 1 fully saturated rings. The second-order valence-electron chi connectivity index (χ2n) is 4.49. The van der Waals surface area contributed by atoms with E-state index in [9.17, 15) is 0 Å². The number of hydrogen-bond donors (Lipinski definition) is 1. The van der Waals surface area contributed by atoms with Crippen molar-refractivity contribution in [1.82, 2.24) is 10.3 Å². The molecule has 0 spiro atoms. The topological polar surface area (TPSA) is 24.9 Å². The molecule has 1 N–H and O–H groups in total. The molecule has 1 aliphatic heterocycles. The van der Waals surface area contributed by atoms with Crippen LogP contribution < -0.4 is 5.32 Å². The molecule has 0 amide bonds. The van der Waals surface area contributed by atoms with E-state index in [4.69, 9.17) is 11.6 Å². The van der Waals surface area contributed by atoms with E-state index in [-0.39, 0.29) is 5.41 Å². The smallest absolute Gasteiger partial charge is 0.0934 e. The molecule has 0 unspecified atom stereocenters. The van der Waals surface area contributed by atoms with Crippen molar-refractivity contribution in [3.63, 3.8) is 0 Å². The Hall–Kier alpha value is -0.900. The van der Waals surface area contributed by atoms with Crippen LogP contribution in [0.3, 0.4) is 0 Å². The Morgan fingerprint density at radius 1 is 1.29 bits per heavy atom. The van der Waals surface area contributed by atoms with E-state index < -0.39 is 0 Å². The van der Waals surface area contributed by atoms with Crippen molar-refractivity contribution >= 4 is 22.9 Å². The van der Waals surface area contributed by atoms with Gasteiger partial charge >= 0.3 is 0 Å². The first-order valence-corrected chi connectivity index (χ1v) is 6.89. The highest BCUT2D eigenvalue weighted by Crippen LogP contribution is 2.33. The fourth-order valence-corrected chi connectivity index (χ4v) is 3.18. The van der Waals surface area contributed by atoms with Gasteiger partial charge in [-0.2, -0.15) is 0 Å². The van der Waals surface area contributed by atoms with Crippen molar-refractivity contribution < 1.29 is 0 Å². The van der Waals surface area contributed by atoms with Crippen molar-refractivity contribution in [1.29, 1.82) is 0 Å². The lowest BCUT2D eigenvalue weighted by atomic mass is 9.73. The Balaban J connectivity index is 1.89. The molecule has 2 aromatic rings. The van der Waals surface area contributed by atoms with E-state index in [0.717, 1.165) is 24.5 Å². The van der Waals surface area contributed by atoms with E-state index in [2.05, 4.69) is 22.4 Å². The molecule has 0 radical (unpaired) electrons. The van der Waals surface area contributed by atoms with E-state index >= 15 is 0 Å². The van der Waals surface area contributed by atoms with Gasteiger partial charge in [-0.05, 0) is 17.7 Å². The van der Waals surface area contributed by atoms with Gasteiger partial charge in [0.15, 0.2) is 0 Å². The fraction of sp³-hybridized carbons (Fsp3) is 0.308. The SMILES string of the molecule is Clc1ccc(C2(Cc3nccs3)CNC2)cc1. The summed E-state index contributed by atoms with van der Waals surface area (Å²) in [6.07, 6.45) is 2.89. The summed E-state index contributed by atoms with van der Waals surface area (Å²) in [7, 11) is 0. The van der Waals surface area contributed by atoms with Crippen molar-refractivity contribution in [2.75, 3.05) is 13.1 Å². The first kappa shape index (κ1) is 11.2. The van der Waals surface area contributed by atoms with E-state index in [0.29, 0.717) is 0 Å². The Kier molecular flexibility index (Phi) is 2.90. The zero-order chi connectivity index (χ0) is 11.7. The molecule has 1 aromatic heterocycles. The summed E-state index contributed by atoms with van der Waals surface area (Å²) in [5.74, 6) is 0. The first-order chi connectivity index (χ1) is 8.28. The molecule has 1 aromatic carbocycles. The summed E-state index contributed by atoms with van der Waals surface area (Å²) < 4.78 is 0. The molecule has 0 atom stereocenters. The van der Waals surface area contributed by atoms with Gasteiger partial charge in [-0.15, -0.1) is 11.3 Å². The molecular weight excluding hydrogens is 252 g/mol. The number of nitrogens with zero attached hydrogens (tertiary/aromatic N) is 1. The van der Waals surface area contributed by atoms with Crippen LogP contribution >= 0.6 is 22.9 Å². The maximum atomic E-state index is 5.94. The number of thiazole rings is 1. The van der Waals surface area contributed by atoms with Gasteiger partial charge in [-0.3, -0.25) is 0 Å². The van der Waals surface area contributed by atoms with Crippen LogP contribution in [0.15, 0.2) is 35.8 Å². The Bertz CT molecular complexity index is 489. The molecule has 2 nitrogen and oxygen atoms in total. The molecule has 0 saturated carbocycles. The lowest BCUT2D eigenvalue weighted by Gasteiger charge is -2.43. The molecule has 88 valence electrons.